The molecular formula is C24H25N3O4. The van der Waals surface area contributed by atoms with Gasteiger partial charge in [0.2, 0.25) is 5.91 Å². The number of amides is 1. The van der Waals surface area contributed by atoms with Gasteiger partial charge >= 0.3 is 0 Å². The lowest BCUT2D eigenvalue weighted by atomic mass is 9.99. The van der Waals surface area contributed by atoms with E-state index in [1.807, 2.05) is 42.5 Å². The van der Waals surface area contributed by atoms with Crippen LogP contribution in [0.3, 0.4) is 0 Å². The van der Waals surface area contributed by atoms with Crippen molar-refractivity contribution in [3.63, 3.8) is 0 Å². The lowest BCUT2D eigenvalue weighted by Crippen LogP contribution is -2.24. The molecule has 1 aromatic carbocycles. The van der Waals surface area contributed by atoms with Gasteiger partial charge in [-0.3, -0.25) is 9.59 Å². The number of rotatable bonds is 9. The molecule has 0 spiro atoms. The number of nitrogens with zero attached hydrogens (tertiary/aromatic N) is 1. The third kappa shape index (κ3) is 5.93. The fourth-order valence-corrected chi connectivity index (χ4v) is 3.44. The largest absolute Gasteiger partial charge is 0.467 e. The third-order valence-corrected chi connectivity index (χ3v) is 5.10. The summed E-state index contributed by atoms with van der Waals surface area (Å²) in [6.45, 7) is 4.80. The highest BCUT2D eigenvalue weighted by atomic mass is 16.5. The lowest BCUT2D eigenvalue weighted by molar-refractivity contribution is -0.121. The van der Waals surface area contributed by atoms with Gasteiger partial charge < -0.3 is 19.5 Å². The van der Waals surface area contributed by atoms with E-state index in [-0.39, 0.29) is 17.9 Å². The second-order valence-electron chi connectivity index (χ2n) is 7.34. The van der Waals surface area contributed by atoms with Crippen molar-refractivity contribution in [2.75, 3.05) is 0 Å². The number of pyridine rings is 1. The van der Waals surface area contributed by atoms with Gasteiger partial charge in [0.15, 0.2) is 0 Å². The number of hydrogen-bond acceptors (Lipinski definition) is 5. The Morgan fingerprint density at radius 1 is 1.19 bits per heavy atom. The molecule has 0 saturated heterocycles. The van der Waals surface area contributed by atoms with E-state index in [1.165, 1.54) is 0 Å². The molecule has 0 aliphatic rings. The van der Waals surface area contributed by atoms with Crippen molar-refractivity contribution in [1.82, 2.24) is 10.3 Å². The van der Waals surface area contributed by atoms with Crippen molar-refractivity contribution in [3.8, 4) is 6.07 Å². The Bertz CT molecular complexity index is 1140. The number of aromatic nitrogens is 1. The zero-order valence-electron chi connectivity index (χ0n) is 17.7. The summed E-state index contributed by atoms with van der Waals surface area (Å²) in [5.74, 6) is 0.682. The standard InChI is InChI=1S/C24H25N3O4/c1-16-21(17(2)27-24(29)22(16)12-25)8-9-23(28)26-13-18-5-3-6-19(11-18)14-30-15-20-7-4-10-31-20/h3-7,10-11H,8-9,13-15H2,1-2H3,(H,26,28)(H,27,29). The first kappa shape index (κ1) is 22.1. The average Bonchev–Trinajstić information content (AvgIpc) is 3.26. The number of furan rings is 1. The second-order valence-corrected chi connectivity index (χ2v) is 7.34. The molecule has 2 heterocycles. The second kappa shape index (κ2) is 10.4. The minimum atomic E-state index is -0.390. The molecule has 0 bridgehead atoms. The summed E-state index contributed by atoms with van der Waals surface area (Å²) in [5, 5.41) is 12.1. The van der Waals surface area contributed by atoms with Gasteiger partial charge in [0.25, 0.3) is 5.56 Å². The molecule has 31 heavy (non-hydrogen) atoms. The first-order chi connectivity index (χ1) is 15.0. The molecule has 0 aliphatic heterocycles. The van der Waals surface area contributed by atoms with Gasteiger partial charge in [0, 0.05) is 18.7 Å². The molecule has 0 saturated carbocycles. The Morgan fingerprint density at radius 3 is 2.74 bits per heavy atom. The first-order valence-corrected chi connectivity index (χ1v) is 10.0. The van der Waals surface area contributed by atoms with E-state index in [0.29, 0.717) is 37.4 Å². The van der Waals surface area contributed by atoms with E-state index in [2.05, 4.69) is 10.3 Å². The average molecular weight is 419 g/mol. The normalized spacial score (nSPS) is 10.6. The number of nitrogens with one attached hydrogen (secondary N) is 2. The van der Waals surface area contributed by atoms with Crippen molar-refractivity contribution in [3.05, 3.63) is 92.3 Å². The van der Waals surface area contributed by atoms with Crippen LogP contribution < -0.4 is 10.9 Å². The molecule has 160 valence electrons. The van der Waals surface area contributed by atoms with Gasteiger partial charge in [-0.25, -0.2) is 0 Å². The predicted molar refractivity (Wildman–Crippen MR) is 115 cm³/mol. The SMILES string of the molecule is Cc1[nH]c(=O)c(C#N)c(C)c1CCC(=O)NCc1cccc(COCc2ccco2)c1. The Hall–Kier alpha value is -3.63. The number of aryl methyl sites for hydroxylation is 1. The van der Waals surface area contributed by atoms with Crippen LogP contribution in [0.4, 0.5) is 0 Å². The Balaban J connectivity index is 1.50. The summed E-state index contributed by atoms with van der Waals surface area (Å²) < 4.78 is 10.9. The van der Waals surface area contributed by atoms with E-state index in [1.54, 1.807) is 20.1 Å². The van der Waals surface area contributed by atoms with E-state index < -0.39 is 5.56 Å². The summed E-state index contributed by atoms with van der Waals surface area (Å²) >= 11 is 0. The van der Waals surface area contributed by atoms with Crippen LogP contribution in [-0.4, -0.2) is 10.9 Å². The molecule has 1 amide bonds. The van der Waals surface area contributed by atoms with Gasteiger partial charge in [-0.2, -0.15) is 5.26 Å². The summed E-state index contributed by atoms with van der Waals surface area (Å²) in [7, 11) is 0. The van der Waals surface area contributed by atoms with Crippen LogP contribution in [0.2, 0.25) is 0 Å². The predicted octanol–water partition coefficient (Wildman–Crippen LogP) is 3.42. The molecular weight excluding hydrogens is 394 g/mol. The van der Waals surface area contributed by atoms with E-state index in [4.69, 9.17) is 14.4 Å². The number of hydrogen-bond donors (Lipinski definition) is 2. The van der Waals surface area contributed by atoms with Crippen LogP contribution in [0.15, 0.2) is 51.9 Å². The van der Waals surface area contributed by atoms with Crippen molar-refractivity contribution in [2.45, 2.75) is 46.4 Å². The summed E-state index contributed by atoms with van der Waals surface area (Å²) in [6.07, 6.45) is 2.34. The van der Waals surface area contributed by atoms with Crippen LogP contribution in [-0.2, 0) is 35.7 Å². The topological polar surface area (TPSA) is 108 Å². The molecule has 3 rings (SSSR count). The van der Waals surface area contributed by atoms with Crippen LogP contribution in [0, 0.1) is 25.2 Å². The molecule has 2 N–H and O–H groups in total. The van der Waals surface area contributed by atoms with Crippen molar-refractivity contribution >= 4 is 5.91 Å². The van der Waals surface area contributed by atoms with E-state index in [0.717, 1.165) is 22.5 Å². The minimum Gasteiger partial charge on any atom is -0.467 e. The van der Waals surface area contributed by atoms with Gasteiger partial charge in [0.05, 0.1) is 12.9 Å². The summed E-state index contributed by atoms with van der Waals surface area (Å²) in [6, 6.07) is 13.5. The van der Waals surface area contributed by atoms with E-state index >= 15 is 0 Å². The van der Waals surface area contributed by atoms with Crippen molar-refractivity contribution < 1.29 is 13.9 Å². The lowest BCUT2D eigenvalue weighted by Gasteiger charge is -2.11. The number of H-pyrrole nitrogens is 1. The quantitative estimate of drug-likeness (QED) is 0.552. The van der Waals surface area contributed by atoms with Crippen LogP contribution >= 0.6 is 0 Å². The molecule has 0 aliphatic carbocycles. The number of nitriles is 1. The molecule has 7 heteroatoms. The number of benzene rings is 1. The highest BCUT2D eigenvalue weighted by molar-refractivity contribution is 5.76. The molecule has 3 aromatic rings. The van der Waals surface area contributed by atoms with E-state index in [9.17, 15) is 9.59 Å². The monoisotopic (exact) mass is 419 g/mol. The number of carbonyl (C=O) groups excluding carboxylic acids is 1. The molecule has 7 nitrogen and oxygen atoms in total. The highest BCUT2D eigenvalue weighted by Crippen LogP contribution is 2.15. The third-order valence-electron chi connectivity index (χ3n) is 5.10. The van der Waals surface area contributed by atoms with Crippen LogP contribution in [0.25, 0.3) is 0 Å². The maximum absolute atomic E-state index is 12.3. The fraction of sp³-hybridized carbons (Fsp3) is 0.292. The number of ether oxygens (including phenoxy) is 1. The molecule has 0 radical (unpaired) electrons. The Kier molecular flexibility index (Phi) is 7.41. The van der Waals surface area contributed by atoms with Crippen molar-refractivity contribution in [1.29, 1.82) is 5.26 Å². The molecule has 0 unspecified atom stereocenters. The Labute approximate surface area is 180 Å². The first-order valence-electron chi connectivity index (χ1n) is 10.0. The minimum absolute atomic E-state index is 0.0945. The zero-order chi connectivity index (χ0) is 22.2. The molecule has 2 aromatic heterocycles. The number of aromatic amines is 1. The van der Waals surface area contributed by atoms with Crippen molar-refractivity contribution in [2.24, 2.45) is 0 Å². The Morgan fingerprint density at radius 2 is 2.00 bits per heavy atom. The molecule has 0 atom stereocenters. The maximum Gasteiger partial charge on any atom is 0.266 e. The van der Waals surface area contributed by atoms with Gasteiger partial charge in [-0.15, -0.1) is 0 Å². The molecule has 0 fully saturated rings. The highest BCUT2D eigenvalue weighted by Gasteiger charge is 2.13. The van der Waals surface area contributed by atoms with Gasteiger partial charge in [-0.1, -0.05) is 24.3 Å². The summed E-state index contributed by atoms with van der Waals surface area (Å²) in [5.41, 5.74) is 3.88. The van der Waals surface area contributed by atoms with Gasteiger partial charge in [-0.05, 0) is 54.7 Å². The summed E-state index contributed by atoms with van der Waals surface area (Å²) in [4.78, 5) is 26.8. The zero-order valence-corrected chi connectivity index (χ0v) is 17.7. The maximum atomic E-state index is 12.3. The number of carbonyl (C=O) groups is 1. The smallest absolute Gasteiger partial charge is 0.266 e. The van der Waals surface area contributed by atoms with Crippen LogP contribution in [0.5, 0.6) is 0 Å². The van der Waals surface area contributed by atoms with Crippen LogP contribution in [0.1, 0.15) is 45.7 Å². The fourth-order valence-electron chi connectivity index (χ4n) is 3.44. The van der Waals surface area contributed by atoms with Gasteiger partial charge in [0.1, 0.15) is 24.0 Å².